The first-order valence-electron chi connectivity index (χ1n) is 10.2. The molecule has 0 bridgehead atoms. The number of nitrogens with zero attached hydrogens (tertiary/aromatic N) is 3. The minimum absolute atomic E-state index is 0. The van der Waals surface area contributed by atoms with E-state index in [2.05, 4.69) is 58.7 Å². The number of likely N-dealkylation sites (N-methyl/N-ethyl adjacent to an activating group) is 1. The molecular weight excluding hydrogens is 449 g/mol. The molecule has 0 atom stereocenters. The summed E-state index contributed by atoms with van der Waals surface area (Å²) in [6, 6.07) is 8.99. The largest absolute Gasteiger partial charge is 0.357 e. The van der Waals surface area contributed by atoms with E-state index in [-0.39, 0.29) is 24.0 Å². The van der Waals surface area contributed by atoms with Crippen LogP contribution in [0, 0.1) is 5.92 Å². The molecule has 1 heterocycles. The fraction of sp³-hybridized carbons (Fsp3) is 0.667. The Morgan fingerprint density at radius 3 is 2.48 bits per heavy atom. The maximum atomic E-state index is 4.73. The van der Waals surface area contributed by atoms with Crippen LogP contribution in [0.1, 0.15) is 37.3 Å². The number of aliphatic imine (C=N–C) groups is 1. The third-order valence-corrected chi connectivity index (χ3v) is 5.26. The highest BCUT2D eigenvalue weighted by Gasteiger charge is 2.21. The second kappa shape index (κ2) is 11.9. The van der Waals surface area contributed by atoms with Crippen molar-refractivity contribution in [3.8, 4) is 0 Å². The molecule has 1 saturated heterocycles. The van der Waals surface area contributed by atoms with E-state index in [1.165, 1.54) is 56.6 Å². The molecule has 0 amide bonds. The molecule has 1 aliphatic heterocycles. The fourth-order valence-electron chi connectivity index (χ4n) is 3.34. The first-order chi connectivity index (χ1) is 12.7. The number of benzene rings is 1. The zero-order chi connectivity index (χ0) is 18.2. The summed E-state index contributed by atoms with van der Waals surface area (Å²) in [5.41, 5.74) is 2.68. The Hall–Kier alpha value is -0.860. The quantitative estimate of drug-likeness (QED) is 0.354. The van der Waals surface area contributed by atoms with Crippen molar-refractivity contribution in [2.75, 3.05) is 46.3 Å². The summed E-state index contributed by atoms with van der Waals surface area (Å²) < 4.78 is 0. The van der Waals surface area contributed by atoms with Gasteiger partial charge in [-0.2, -0.15) is 0 Å². The van der Waals surface area contributed by atoms with Crippen molar-refractivity contribution in [1.82, 2.24) is 20.4 Å². The zero-order valence-corrected chi connectivity index (χ0v) is 19.2. The number of guanidine groups is 1. The van der Waals surface area contributed by atoms with Gasteiger partial charge in [-0.05, 0) is 63.4 Å². The van der Waals surface area contributed by atoms with Gasteiger partial charge < -0.3 is 15.5 Å². The molecule has 0 spiro atoms. The summed E-state index contributed by atoms with van der Waals surface area (Å²) in [6.45, 7) is 10.6. The molecule has 0 radical (unpaired) electrons. The normalized spacial score (nSPS) is 19.3. The lowest BCUT2D eigenvalue weighted by Gasteiger charge is -2.20. The SMILES string of the molecule is CCNC(=NCc1ccc(CN2CCCN(C)CC2)cc1)NCC1CC1.I. The van der Waals surface area contributed by atoms with Gasteiger partial charge in [-0.15, -0.1) is 24.0 Å². The van der Waals surface area contributed by atoms with Crippen LogP contribution in [0.5, 0.6) is 0 Å². The van der Waals surface area contributed by atoms with Crippen LogP contribution in [0.3, 0.4) is 0 Å². The molecule has 1 aromatic rings. The number of hydrogen-bond acceptors (Lipinski definition) is 3. The average molecular weight is 485 g/mol. The molecule has 5 nitrogen and oxygen atoms in total. The number of nitrogens with one attached hydrogen (secondary N) is 2. The van der Waals surface area contributed by atoms with E-state index in [1.54, 1.807) is 0 Å². The number of halogens is 1. The van der Waals surface area contributed by atoms with Crippen LogP contribution in [0.4, 0.5) is 0 Å². The summed E-state index contributed by atoms with van der Waals surface area (Å²) in [7, 11) is 2.22. The van der Waals surface area contributed by atoms with Crippen LogP contribution in [0.25, 0.3) is 0 Å². The summed E-state index contributed by atoms with van der Waals surface area (Å²) in [6.07, 6.45) is 3.99. The van der Waals surface area contributed by atoms with E-state index < -0.39 is 0 Å². The highest BCUT2D eigenvalue weighted by Crippen LogP contribution is 2.27. The van der Waals surface area contributed by atoms with Gasteiger partial charge in [-0.3, -0.25) is 4.90 Å². The van der Waals surface area contributed by atoms with E-state index in [4.69, 9.17) is 4.99 Å². The molecule has 27 heavy (non-hydrogen) atoms. The van der Waals surface area contributed by atoms with Crippen molar-refractivity contribution in [1.29, 1.82) is 0 Å². The van der Waals surface area contributed by atoms with Crippen molar-refractivity contribution in [2.24, 2.45) is 10.9 Å². The first-order valence-corrected chi connectivity index (χ1v) is 10.2. The van der Waals surface area contributed by atoms with Gasteiger partial charge in [0.25, 0.3) is 0 Å². The molecule has 1 saturated carbocycles. The van der Waals surface area contributed by atoms with Gasteiger partial charge in [0, 0.05) is 32.7 Å². The minimum atomic E-state index is 0. The van der Waals surface area contributed by atoms with Gasteiger partial charge in [-0.25, -0.2) is 4.99 Å². The fourth-order valence-corrected chi connectivity index (χ4v) is 3.34. The highest BCUT2D eigenvalue weighted by molar-refractivity contribution is 14.0. The standard InChI is InChI=1S/C21H35N5.HI/c1-3-22-21(23-15-18-5-6-18)24-16-19-7-9-20(10-8-19)17-26-12-4-11-25(2)13-14-26;/h7-10,18H,3-6,11-17H2,1-2H3,(H2,22,23,24);1H. The lowest BCUT2D eigenvalue weighted by atomic mass is 10.1. The van der Waals surface area contributed by atoms with Crippen LogP contribution >= 0.6 is 24.0 Å². The first kappa shape index (κ1) is 22.4. The van der Waals surface area contributed by atoms with Crippen LogP contribution in [-0.4, -0.2) is 62.1 Å². The molecular formula is C21H36IN5. The Balaban J connectivity index is 0.00000261. The van der Waals surface area contributed by atoms with Crippen LogP contribution in [0.15, 0.2) is 29.3 Å². The van der Waals surface area contributed by atoms with E-state index in [0.29, 0.717) is 0 Å². The average Bonchev–Trinajstić information content (AvgIpc) is 3.48. The maximum Gasteiger partial charge on any atom is 0.191 e. The Bertz CT molecular complexity index is 570. The molecule has 0 aromatic heterocycles. The number of hydrogen-bond donors (Lipinski definition) is 2. The Morgan fingerprint density at radius 1 is 1.04 bits per heavy atom. The highest BCUT2D eigenvalue weighted by atomic mass is 127. The summed E-state index contributed by atoms with van der Waals surface area (Å²) in [4.78, 5) is 9.73. The van der Waals surface area contributed by atoms with Gasteiger partial charge in [0.15, 0.2) is 5.96 Å². The maximum absolute atomic E-state index is 4.73. The Morgan fingerprint density at radius 2 is 1.78 bits per heavy atom. The van der Waals surface area contributed by atoms with Crippen molar-refractivity contribution >= 4 is 29.9 Å². The molecule has 2 aliphatic rings. The predicted octanol–water partition coefficient (Wildman–Crippen LogP) is 2.91. The molecule has 0 unspecified atom stereocenters. The summed E-state index contributed by atoms with van der Waals surface area (Å²) in [5, 5.41) is 6.80. The lowest BCUT2D eigenvalue weighted by Crippen LogP contribution is -2.38. The van der Waals surface area contributed by atoms with Crippen molar-refractivity contribution < 1.29 is 0 Å². The van der Waals surface area contributed by atoms with Gasteiger partial charge in [0.1, 0.15) is 0 Å². The third kappa shape index (κ3) is 8.35. The van der Waals surface area contributed by atoms with Crippen LogP contribution < -0.4 is 10.6 Å². The van der Waals surface area contributed by atoms with E-state index >= 15 is 0 Å². The minimum Gasteiger partial charge on any atom is -0.357 e. The molecule has 152 valence electrons. The van der Waals surface area contributed by atoms with Crippen molar-refractivity contribution in [3.63, 3.8) is 0 Å². The van der Waals surface area contributed by atoms with Crippen molar-refractivity contribution in [2.45, 2.75) is 39.3 Å². The van der Waals surface area contributed by atoms with E-state index in [9.17, 15) is 0 Å². The Labute approximate surface area is 182 Å². The third-order valence-electron chi connectivity index (χ3n) is 5.26. The van der Waals surface area contributed by atoms with E-state index in [0.717, 1.165) is 38.1 Å². The number of rotatable bonds is 7. The monoisotopic (exact) mass is 485 g/mol. The molecule has 2 fully saturated rings. The molecule has 1 aromatic carbocycles. The molecule has 3 rings (SSSR count). The molecule has 1 aliphatic carbocycles. The summed E-state index contributed by atoms with van der Waals surface area (Å²) >= 11 is 0. The van der Waals surface area contributed by atoms with E-state index in [1.807, 2.05) is 0 Å². The second-order valence-electron chi connectivity index (χ2n) is 7.77. The van der Waals surface area contributed by atoms with Crippen LogP contribution in [-0.2, 0) is 13.1 Å². The Kier molecular flexibility index (Phi) is 9.86. The molecule has 6 heteroatoms. The second-order valence-corrected chi connectivity index (χ2v) is 7.77. The predicted molar refractivity (Wildman–Crippen MR) is 125 cm³/mol. The van der Waals surface area contributed by atoms with Crippen LogP contribution in [0.2, 0.25) is 0 Å². The smallest absolute Gasteiger partial charge is 0.191 e. The molecule has 2 N–H and O–H groups in total. The topological polar surface area (TPSA) is 42.9 Å². The van der Waals surface area contributed by atoms with Gasteiger partial charge in [0.05, 0.1) is 6.54 Å². The van der Waals surface area contributed by atoms with Gasteiger partial charge in [-0.1, -0.05) is 24.3 Å². The van der Waals surface area contributed by atoms with Gasteiger partial charge in [0.2, 0.25) is 0 Å². The van der Waals surface area contributed by atoms with Crippen molar-refractivity contribution in [3.05, 3.63) is 35.4 Å². The van der Waals surface area contributed by atoms with Gasteiger partial charge >= 0.3 is 0 Å². The zero-order valence-electron chi connectivity index (χ0n) is 16.9. The lowest BCUT2D eigenvalue weighted by molar-refractivity contribution is 0.269. The summed E-state index contributed by atoms with van der Waals surface area (Å²) in [5.74, 6) is 1.80.